The fourth-order valence-electron chi connectivity index (χ4n) is 4.57. The molecule has 1 amide bonds. The molecule has 1 aromatic carbocycles. The lowest BCUT2D eigenvalue weighted by atomic mass is 9.90. The Morgan fingerprint density at radius 1 is 1.12 bits per heavy atom. The molecule has 32 heavy (non-hydrogen) atoms. The van der Waals surface area contributed by atoms with Crippen LogP contribution < -0.4 is 20.3 Å². The van der Waals surface area contributed by atoms with E-state index in [0.717, 1.165) is 12.8 Å². The number of hydrogen-bond acceptors (Lipinski definition) is 6. The highest BCUT2D eigenvalue weighted by Gasteiger charge is 2.40. The lowest BCUT2D eigenvalue weighted by Crippen LogP contribution is -2.55. The molecular formula is C23H28N2O7. The zero-order chi connectivity index (χ0) is 22.7. The molecule has 2 aliphatic rings. The number of aromatic nitrogens is 1. The summed E-state index contributed by atoms with van der Waals surface area (Å²) in [4.78, 5) is 38.8. The van der Waals surface area contributed by atoms with Crippen LogP contribution in [0.25, 0.3) is 10.9 Å². The Labute approximate surface area is 185 Å². The summed E-state index contributed by atoms with van der Waals surface area (Å²) in [5.74, 6) is -0.837. The number of aliphatic carboxylic acids is 1. The Morgan fingerprint density at radius 3 is 2.56 bits per heavy atom. The number of benzene rings is 1. The van der Waals surface area contributed by atoms with Crippen LogP contribution >= 0.6 is 0 Å². The maximum Gasteiger partial charge on any atom is 0.329 e. The Kier molecular flexibility index (Phi) is 6.36. The molecular weight excluding hydrogens is 416 g/mol. The van der Waals surface area contributed by atoms with E-state index in [2.05, 4.69) is 5.32 Å². The molecule has 0 spiro atoms. The molecule has 1 aromatic heterocycles. The highest BCUT2D eigenvalue weighted by atomic mass is 16.5. The maximum absolute atomic E-state index is 13.4. The van der Waals surface area contributed by atoms with Crippen LogP contribution in [0.3, 0.4) is 0 Å². The van der Waals surface area contributed by atoms with E-state index in [1.807, 2.05) is 0 Å². The molecule has 0 atom stereocenters. The molecule has 4 rings (SSSR count). The van der Waals surface area contributed by atoms with Crippen molar-refractivity contribution in [3.63, 3.8) is 0 Å². The number of pyridine rings is 1. The summed E-state index contributed by atoms with van der Waals surface area (Å²) in [5, 5.41) is 13.2. The van der Waals surface area contributed by atoms with Crippen LogP contribution in [0.4, 0.5) is 0 Å². The fourth-order valence-corrected chi connectivity index (χ4v) is 4.57. The van der Waals surface area contributed by atoms with Crippen molar-refractivity contribution in [2.24, 2.45) is 0 Å². The van der Waals surface area contributed by atoms with Crippen molar-refractivity contribution >= 4 is 22.8 Å². The number of ether oxygens (including phenoxy) is 3. The third kappa shape index (κ3) is 4.04. The van der Waals surface area contributed by atoms with E-state index in [0.29, 0.717) is 61.3 Å². The summed E-state index contributed by atoms with van der Waals surface area (Å²) in [6.07, 6.45) is 3.98. The number of carboxylic acid groups (broad SMARTS) is 1. The van der Waals surface area contributed by atoms with E-state index in [4.69, 9.17) is 14.2 Å². The summed E-state index contributed by atoms with van der Waals surface area (Å²) in [5.41, 5.74) is -1.45. The van der Waals surface area contributed by atoms with Crippen LogP contribution in [0.2, 0.25) is 0 Å². The zero-order valence-electron chi connectivity index (χ0n) is 18.1. The van der Waals surface area contributed by atoms with Gasteiger partial charge in [0.2, 0.25) is 0 Å². The number of nitrogens with one attached hydrogen (secondary N) is 1. The summed E-state index contributed by atoms with van der Waals surface area (Å²) in [6.45, 7) is 1.16. The van der Waals surface area contributed by atoms with E-state index in [-0.39, 0.29) is 18.7 Å². The van der Waals surface area contributed by atoms with Crippen molar-refractivity contribution in [3.8, 4) is 11.5 Å². The largest absolute Gasteiger partial charge is 0.493 e. The molecule has 9 heteroatoms. The molecule has 0 saturated heterocycles. The first-order valence-corrected chi connectivity index (χ1v) is 11.0. The van der Waals surface area contributed by atoms with Crippen LogP contribution in [0, 0.1) is 0 Å². The Hall–Kier alpha value is -3.07. The summed E-state index contributed by atoms with van der Waals surface area (Å²) >= 11 is 0. The average molecular weight is 444 g/mol. The molecule has 0 radical (unpaired) electrons. The van der Waals surface area contributed by atoms with Gasteiger partial charge in [-0.15, -0.1) is 0 Å². The fraction of sp³-hybridized carbons (Fsp3) is 0.522. The highest BCUT2D eigenvalue weighted by Crippen LogP contribution is 2.36. The van der Waals surface area contributed by atoms with E-state index in [1.54, 1.807) is 12.1 Å². The normalized spacial score (nSPS) is 18.4. The standard InChI is InChI=1S/C23H28N2O7/c1-30-17-7-6-15-14-16(20(26)24-23(22(28)29)8-4-2-3-5-9-23)21(27)25-10-11-31-12-13-32-19(17)18(15)25/h6-7,14H,2-5,8-13H2,1H3,(H,24,26)(H,28,29). The SMILES string of the molecule is COc1ccc2cc(C(=O)NC3(C(=O)O)CCCCCC3)c(=O)n3c2c1OCCOCC3. The first kappa shape index (κ1) is 22.1. The van der Waals surface area contributed by atoms with Crippen molar-refractivity contribution in [1.29, 1.82) is 0 Å². The average Bonchev–Trinajstić information content (AvgIpc) is 2.96. The topological polar surface area (TPSA) is 116 Å². The van der Waals surface area contributed by atoms with Gasteiger partial charge in [0.15, 0.2) is 11.5 Å². The lowest BCUT2D eigenvalue weighted by Gasteiger charge is -2.29. The molecule has 1 aliphatic heterocycles. The third-order valence-electron chi connectivity index (χ3n) is 6.29. The number of carbonyl (C=O) groups excluding carboxylic acids is 1. The minimum atomic E-state index is -1.36. The molecule has 1 saturated carbocycles. The van der Waals surface area contributed by atoms with Gasteiger partial charge in [-0.05, 0) is 31.0 Å². The van der Waals surface area contributed by atoms with Gasteiger partial charge < -0.3 is 29.2 Å². The number of amides is 1. The maximum atomic E-state index is 13.4. The van der Waals surface area contributed by atoms with Gasteiger partial charge in [-0.1, -0.05) is 25.7 Å². The number of rotatable bonds is 4. The Morgan fingerprint density at radius 2 is 1.88 bits per heavy atom. The number of carboxylic acids is 1. The summed E-state index contributed by atoms with van der Waals surface area (Å²) in [7, 11) is 1.52. The molecule has 1 aliphatic carbocycles. The van der Waals surface area contributed by atoms with Crippen molar-refractivity contribution in [2.45, 2.75) is 50.6 Å². The van der Waals surface area contributed by atoms with Crippen LogP contribution in [-0.2, 0) is 16.1 Å². The van der Waals surface area contributed by atoms with Gasteiger partial charge in [0, 0.05) is 11.9 Å². The zero-order valence-corrected chi connectivity index (χ0v) is 18.1. The van der Waals surface area contributed by atoms with E-state index < -0.39 is 23.0 Å². The van der Waals surface area contributed by atoms with Gasteiger partial charge in [-0.2, -0.15) is 0 Å². The van der Waals surface area contributed by atoms with Gasteiger partial charge in [-0.3, -0.25) is 9.59 Å². The van der Waals surface area contributed by atoms with Crippen LogP contribution in [0.1, 0.15) is 48.9 Å². The first-order chi connectivity index (χ1) is 15.5. The molecule has 0 bridgehead atoms. The molecule has 9 nitrogen and oxygen atoms in total. The molecule has 2 heterocycles. The molecule has 2 aromatic rings. The van der Waals surface area contributed by atoms with Crippen LogP contribution in [0.5, 0.6) is 11.5 Å². The molecule has 2 N–H and O–H groups in total. The Balaban J connectivity index is 1.82. The van der Waals surface area contributed by atoms with E-state index in [1.165, 1.54) is 17.7 Å². The summed E-state index contributed by atoms with van der Waals surface area (Å²) in [6, 6.07) is 4.98. The predicted octanol–water partition coefficient (Wildman–Crippen LogP) is 2.33. The smallest absolute Gasteiger partial charge is 0.329 e. The second-order valence-corrected chi connectivity index (χ2v) is 8.27. The molecule has 0 unspecified atom stereocenters. The predicted molar refractivity (Wildman–Crippen MR) is 117 cm³/mol. The second-order valence-electron chi connectivity index (χ2n) is 8.27. The number of carbonyl (C=O) groups is 2. The van der Waals surface area contributed by atoms with E-state index >= 15 is 0 Å². The van der Waals surface area contributed by atoms with Crippen molar-refractivity contribution in [1.82, 2.24) is 9.88 Å². The lowest BCUT2D eigenvalue weighted by molar-refractivity contribution is -0.145. The minimum absolute atomic E-state index is 0.0993. The van der Waals surface area contributed by atoms with Crippen LogP contribution in [0.15, 0.2) is 23.0 Å². The second kappa shape index (κ2) is 9.20. The summed E-state index contributed by atoms with van der Waals surface area (Å²) < 4.78 is 18.2. The van der Waals surface area contributed by atoms with E-state index in [9.17, 15) is 19.5 Å². The number of hydrogen-bond donors (Lipinski definition) is 2. The van der Waals surface area contributed by atoms with Crippen molar-refractivity contribution in [3.05, 3.63) is 34.1 Å². The highest BCUT2D eigenvalue weighted by molar-refractivity contribution is 6.01. The Bertz CT molecular complexity index is 1080. The van der Waals surface area contributed by atoms with Crippen molar-refractivity contribution < 1.29 is 28.9 Å². The number of nitrogens with zero attached hydrogens (tertiary/aromatic N) is 1. The van der Waals surface area contributed by atoms with Gasteiger partial charge in [-0.25, -0.2) is 4.79 Å². The third-order valence-corrected chi connectivity index (χ3v) is 6.29. The van der Waals surface area contributed by atoms with Gasteiger partial charge in [0.1, 0.15) is 17.7 Å². The van der Waals surface area contributed by atoms with Crippen LogP contribution in [-0.4, -0.2) is 54.0 Å². The monoisotopic (exact) mass is 444 g/mol. The first-order valence-electron chi connectivity index (χ1n) is 11.0. The van der Waals surface area contributed by atoms with Gasteiger partial charge >= 0.3 is 5.97 Å². The molecule has 1 fully saturated rings. The van der Waals surface area contributed by atoms with Gasteiger partial charge in [0.25, 0.3) is 11.5 Å². The minimum Gasteiger partial charge on any atom is -0.493 e. The van der Waals surface area contributed by atoms with Gasteiger partial charge in [0.05, 0.1) is 25.8 Å². The number of methoxy groups -OCH3 is 1. The van der Waals surface area contributed by atoms with Crippen molar-refractivity contribution in [2.75, 3.05) is 26.9 Å². The molecule has 172 valence electrons. The quantitative estimate of drug-likeness (QED) is 0.695.